The summed E-state index contributed by atoms with van der Waals surface area (Å²) in [4.78, 5) is 27.9. The minimum absolute atomic E-state index is 0.0753. The van der Waals surface area contributed by atoms with Crippen molar-refractivity contribution in [3.8, 4) is 11.5 Å². The maximum absolute atomic E-state index is 13.0. The van der Waals surface area contributed by atoms with E-state index in [0.29, 0.717) is 48.8 Å². The predicted molar refractivity (Wildman–Crippen MR) is 94.6 cm³/mol. The molecule has 1 saturated heterocycles. The van der Waals surface area contributed by atoms with E-state index < -0.39 is 0 Å². The molecule has 0 unspecified atom stereocenters. The molecule has 3 aromatic rings. The number of halogens is 1. The van der Waals surface area contributed by atoms with Crippen molar-refractivity contribution < 1.29 is 13.6 Å². The Labute approximate surface area is 153 Å². The first-order valence-electron chi connectivity index (χ1n) is 8.67. The molecular weight excluding hydrogens is 351 g/mol. The molecule has 1 aliphatic rings. The fraction of sp³-hybridized carbons (Fsp3) is 0.263. The van der Waals surface area contributed by atoms with E-state index in [1.807, 2.05) is 0 Å². The Morgan fingerprint density at radius 3 is 2.52 bits per heavy atom. The lowest BCUT2D eigenvalue weighted by molar-refractivity contribution is 0.0706. The highest BCUT2D eigenvalue weighted by molar-refractivity contribution is 5.93. The second-order valence-corrected chi connectivity index (χ2v) is 6.46. The number of hydrogen-bond acceptors (Lipinski definition) is 5. The maximum atomic E-state index is 13.0. The number of rotatable bonds is 3. The number of nitrogens with zero attached hydrogens (tertiary/aromatic N) is 3. The summed E-state index contributed by atoms with van der Waals surface area (Å²) in [7, 11) is 0. The van der Waals surface area contributed by atoms with Crippen molar-refractivity contribution in [1.82, 2.24) is 20.1 Å². The number of aromatic nitrogens is 3. The van der Waals surface area contributed by atoms with E-state index in [9.17, 15) is 14.0 Å². The third kappa shape index (κ3) is 3.64. The van der Waals surface area contributed by atoms with Crippen LogP contribution in [0.25, 0.3) is 11.5 Å². The number of hydrogen-bond donors (Lipinski definition) is 1. The van der Waals surface area contributed by atoms with Gasteiger partial charge in [-0.2, -0.15) is 0 Å². The van der Waals surface area contributed by atoms with Gasteiger partial charge in [-0.15, -0.1) is 10.2 Å². The highest BCUT2D eigenvalue weighted by Crippen LogP contribution is 2.29. The van der Waals surface area contributed by atoms with Gasteiger partial charge in [0.25, 0.3) is 5.91 Å². The van der Waals surface area contributed by atoms with Crippen LogP contribution in [0.15, 0.2) is 51.8 Å². The molecule has 2 aromatic heterocycles. The molecule has 138 valence electrons. The number of nitrogens with one attached hydrogen (secondary N) is 1. The Balaban J connectivity index is 1.40. The first-order valence-corrected chi connectivity index (χ1v) is 8.67. The maximum Gasteiger partial charge on any atom is 0.255 e. The number of carbonyl (C=O) groups is 1. The molecule has 7 nitrogen and oxygen atoms in total. The molecule has 3 heterocycles. The second kappa shape index (κ2) is 7.14. The molecular formula is C19H17FN4O3. The third-order valence-corrected chi connectivity index (χ3v) is 4.69. The van der Waals surface area contributed by atoms with Gasteiger partial charge in [-0.3, -0.25) is 9.59 Å². The van der Waals surface area contributed by atoms with Gasteiger partial charge in [0.1, 0.15) is 5.82 Å². The Bertz CT molecular complexity index is 984. The van der Waals surface area contributed by atoms with E-state index in [1.165, 1.54) is 30.5 Å². The van der Waals surface area contributed by atoms with Crippen molar-refractivity contribution in [2.45, 2.75) is 18.8 Å². The molecule has 8 heteroatoms. The van der Waals surface area contributed by atoms with Crippen LogP contribution in [0.3, 0.4) is 0 Å². The molecule has 1 N–H and O–H groups in total. The fourth-order valence-electron chi connectivity index (χ4n) is 3.16. The molecule has 1 amide bonds. The highest BCUT2D eigenvalue weighted by atomic mass is 19.1. The summed E-state index contributed by atoms with van der Waals surface area (Å²) < 4.78 is 18.8. The second-order valence-electron chi connectivity index (χ2n) is 6.46. The van der Waals surface area contributed by atoms with Crippen LogP contribution in [0.2, 0.25) is 0 Å². The van der Waals surface area contributed by atoms with Crippen LogP contribution in [-0.2, 0) is 0 Å². The van der Waals surface area contributed by atoms with Gasteiger partial charge in [0, 0.05) is 36.8 Å². The summed E-state index contributed by atoms with van der Waals surface area (Å²) in [6.07, 6.45) is 2.85. The Morgan fingerprint density at radius 1 is 1.11 bits per heavy atom. The van der Waals surface area contributed by atoms with Gasteiger partial charge in [0.2, 0.25) is 17.3 Å². The average molecular weight is 368 g/mol. The summed E-state index contributed by atoms with van der Waals surface area (Å²) >= 11 is 0. The van der Waals surface area contributed by atoms with Crippen LogP contribution in [-0.4, -0.2) is 39.1 Å². The number of pyridine rings is 1. The Kier molecular flexibility index (Phi) is 4.53. The zero-order valence-corrected chi connectivity index (χ0v) is 14.4. The Morgan fingerprint density at radius 2 is 1.85 bits per heavy atom. The monoisotopic (exact) mass is 368 g/mol. The number of aromatic amines is 1. The van der Waals surface area contributed by atoms with Gasteiger partial charge < -0.3 is 14.3 Å². The molecule has 0 spiro atoms. The smallest absolute Gasteiger partial charge is 0.255 e. The van der Waals surface area contributed by atoms with Crippen molar-refractivity contribution in [3.05, 3.63) is 70.2 Å². The number of amides is 1. The van der Waals surface area contributed by atoms with Crippen LogP contribution < -0.4 is 5.56 Å². The van der Waals surface area contributed by atoms with E-state index in [4.69, 9.17) is 4.42 Å². The molecule has 0 atom stereocenters. The quantitative estimate of drug-likeness (QED) is 0.767. The molecule has 1 aromatic carbocycles. The van der Waals surface area contributed by atoms with Gasteiger partial charge >= 0.3 is 0 Å². The van der Waals surface area contributed by atoms with Crippen LogP contribution in [0.5, 0.6) is 0 Å². The van der Waals surface area contributed by atoms with Crippen LogP contribution in [0.4, 0.5) is 4.39 Å². The van der Waals surface area contributed by atoms with Gasteiger partial charge in [-0.05, 0) is 43.2 Å². The van der Waals surface area contributed by atoms with Crippen molar-refractivity contribution in [1.29, 1.82) is 0 Å². The van der Waals surface area contributed by atoms with E-state index in [0.717, 1.165) is 0 Å². The number of piperidine rings is 1. The summed E-state index contributed by atoms with van der Waals surface area (Å²) in [5.41, 5.74) is 0.892. The third-order valence-electron chi connectivity index (χ3n) is 4.69. The molecule has 0 radical (unpaired) electrons. The first-order chi connectivity index (χ1) is 13.1. The highest BCUT2D eigenvalue weighted by Gasteiger charge is 2.28. The lowest BCUT2D eigenvalue weighted by atomic mass is 9.96. The average Bonchev–Trinajstić information content (AvgIpc) is 3.19. The lowest BCUT2D eigenvalue weighted by Crippen LogP contribution is -2.38. The van der Waals surface area contributed by atoms with Gasteiger partial charge in [0.05, 0.1) is 5.56 Å². The van der Waals surface area contributed by atoms with Crippen LogP contribution in [0.1, 0.15) is 35.0 Å². The number of benzene rings is 1. The minimum Gasteiger partial charge on any atom is -0.420 e. The fourth-order valence-corrected chi connectivity index (χ4v) is 3.16. The van der Waals surface area contributed by atoms with Crippen LogP contribution in [0, 0.1) is 5.82 Å². The van der Waals surface area contributed by atoms with Crippen LogP contribution >= 0.6 is 0 Å². The predicted octanol–water partition coefficient (Wildman–Crippen LogP) is 2.58. The Hall–Kier alpha value is -3.29. The normalized spacial score (nSPS) is 15.1. The topological polar surface area (TPSA) is 92.1 Å². The summed E-state index contributed by atoms with van der Waals surface area (Å²) in [6.45, 7) is 1.13. The van der Waals surface area contributed by atoms with Crippen molar-refractivity contribution in [2.24, 2.45) is 0 Å². The standard InChI is InChI=1S/C19H17FN4O3/c20-15-4-1-12(2-5-15)17-22-23-18(27-17)13-7-9-24(10-8-13)19(26)14-3-6-16(25)21-11-14/h1-6,11,13H,7-10H2,(H,21,25). The molecule has 27 heavy (non-hydrogen) atoms. The molecule has 4 rings (SSSR count). The van der Waals surface area contributed by atoms with Crippen molar-refractivity contribution in [3.63, 3.8) is 0 Å². The van der Waals surface area contributed by atoms with E-state index in [2.05, 4.69) is 15.2 Å². The summed E-state index contributed by atoms with van der Waals surface area (Å²) in [6, 6.07) is 8.76. The number of likely N-dealkylation sites (tertiary alicyclic amines) is 1. The van der Waals surface area contributed by atoms with Gasteiger partial charge in [-0.25, -0.2) is 4.39 Å². The zero-order valence-electron chi connectivity index (χ0n) is 14.4. The summed E-state index contributed by atoms with van der Waals surface area (Å²) in [5.74, 6) is 0.536. The SMILES string of the molecule is O=C(c1ccc(=O)[nH]c1)N1CCC(c2nnc(-c3ccc(F)cc3)o2)CC1. The molecule has 0 aliphatic carbocycles. The van der Waals surface area contributed by atoms with Crippen molar-refractivity contribution in [2.75, 3.05) is 13.1 Å². The van der Waals surface area contributed by atoms with Gasteiger partial charge in [-0.1, -0.05) is 0 Å². The molecule has 1 fully saturated rings. The minimum atomic E-state index is -0.321. The first kappa shape index (κ1) is 17.1. The van der Waals surface area contributed by atoms with Gasteiger partial charge in [0.15, 0.2) is 0 Å². The molecule has 0 saturated carbocycles. The molecule has 0 bridgehead atoms. The number of H-pyrrole nitrogens is 1. The summed E-state index contributed by atoms with van der Waals surface area (Å²) in [5, 5.41) is 8.17. The van der Waals surface area contributed by atoms with E-state index in [-0.39, 0.29) is 23.2 Å². The van der Waals surface area contributed by atoms with E-state index in [1.54, 1.807) is 17.0 Å². The number of carbonyl (C=O) groups excluding carboxylic acids is 1. The molecule has 1 aliphatic heterocycles. The lowest BCUT2D eigenvalue weighted by Gasteiger charge is -2.30. The van der Waals surface area contributed by atoms with E-state index >= 15 is 0 Å². The zero-order chi connectivity index (χ0) is 18.8. The van der Waals surface area contributed by atoms with Crippen molar-refractivity contribution >= 4 is 5.91 Å². The largest absolute Gasteiger partial charge is 0.420 e.